The largest absolute Gasteiger partial charge is 0.485 e. The van der Waals surface area contributed by atoms with E-state index in [1.807, 2.05) is 62.6 Å². The number of amides is 1. The minimum atomic E-state index is -0.0625. The van der Waals surface area contributed by atoms with Crippen molar-refractivity contribution in [2.75, 3.05) is 11.1 Å². The van der Waals surface area contributed by atoms with Gasteiger partial charge in [0, 0.05) is 12.2 Å². The summed E-state index contributed by atoms with van der Waals surface area (Å²) in [7, 11) is 0. The third kappa shape index (κ3) is 5.21. The molecule has 0 aliphatic rings. The van der Waals surface area contributed by atoms with Gasteiger partial charge in [-0.2, -0.15) is 0 Å². The molecule has 1 heterocycles. The van der Waals surface area contributed by atoms with Crippen LogP contribution in [-0.2, 0) is 17.9 Å². The van der Waals surface area contributed by atoms with Crippen LogP contribution in [0.5, 0.6) is 5.75 Å². The van der Waals surface area contributed by atoms with E-state index in [1.165, 1.54) is 17.3 Å². The Morgan fingerprint density at radius 3 is 2.67 bits per heavy atom. The number of ether oxygens (including phenoxy) is 1. The van der Waals surface area contributed by atoms with E-state index in [0.717, 1.165) is 34.0 Å². The highest BCUT2D eigenvalue weighted by atomic mass is 32.2. The summed E-state index contributed by atoms with van der Waals surface area (Å²) in [5.74, 6) is 1.80. The van der Waals surface area contributed by atoms with Crippen molar-refractivity contribution in [2.24, 2.45) is 0 Å². The van der Waals surface area contributed by atoms with E-state index in [2.05, 4.69) is 28.5 Å². The first-order valence-electron chi connectivity index (χ1n) is 10.00. The number of carbonyl (C=O) groups excluding carboxylic acids is 1. The van der Waals surface area contributed by atoms with E-state index in [-0.39, 0.29) is 11.7 Å². The molecule has 158 valence electrons. The molecule has 0 aliphatic carbocycles. The Hall–Kier alpha value is -2.80. The summed E-state index contributed by atoms with van der Waals surface area (Å²) in [5, 5.41) is 12.2. The summed E-state index contributed by atoms with van der Waals surface area (Å²) in [5.41, 5.74) is 5.32. The Morgan fingerprint density at radius 1 is 1.10 bits per heavy atom. The number of carbonyl (C=O) groups is 1. The molecule has 1 N–H and O–H groups in total. The van der Waals surface area contributed by atoms with E-state index >= 15 is 0 Å². The molecule has 3 aromatic rings. The van der Waals surface area contributed by atoms with Crippen molar-refractivity contribution >= 4 is 23.4 Å². The van der Waals surface area contributed by atoms with E-state index in [4.69, 9.17) is 4.74 Å². The quantitative estimate of drug-likeness (QED) is 0.524. The predicted molar refractivity (Wildman–Crippen MR) is 121 cm³/mol. The van der Waals surface area contributed by atoms with Crippen LogP contribution >= 0.6 is 11.8 Å². The standard InChI is InChI=1S/C23H28N4O2S/c1-6-27-21(13-29-20-9-7-8-16(3)18(20)5)25-26-23(27)30-14-22(28)24-19-12-15(2)10-11-17(19)4/h7-12H,6,13-14H2,1-5H3,(H,24,28). The van der Waals surface area contributed by atoms with E-state index < -0.39 is 0 Å². The molecule has 1 amide bonds. The molecule has 1 aromatic heterocycles. The number of aromatic nitrogens is 3. The second-order valence-electron chi connectivity index (χ2n) is 7.29. The predicted octanol–water partition coefficient (Wildman–Crippen LogP) is 4.84. The zero-order valence-electron chi connectivity index (χ0n) is 18.2. The molecule has 0 aliphatic heterocycles. The zero-order chi connectivity index (χ0) is 21.7. The Bertz CT molecular complexity index is 1050. The van der Waals surface area contributed by atoms with Gasteiger partial charge < -0.3 is 14.6 Å². The van der Waals surface area contributed by atoms with Crippen LogP contribution in [0.25, 0.3) is 0 Å². The molecular weight excluding hydrogens is 396 g/mol. The summed E-state index contributed by atoms with van der Waals surface area (Å²) in [6, 6.07) is 12.0. The molecule has 2 aromatic carbocycles. The number of aryl methyl sites for hydroxylation is 3. The normalized spacial score (nSPS) is 10.8. The van der Waals surface area contributed by atoms with Crippen LogP contribution in [0.2, 0.25) is 0 Å². The van der Waals surface area contributed by atoms with Gasteiger partial charge in [0.05, 0.1) is 5.75 Å². The van der Waals surface area contributed by atoms with Gasteiger partial charge in [-0.1, -0.05) is 36.0 Å². The zero-order valence-corrected chi connectivity index (χ0v) is 19.0. The molecule has 0 atom stereocenters. The molecule has 0 unspecified atom stereocenters. The smallest absolute Gasteiger partial charge is 0.234 e. The topological polar surface area (TPSA) is 69.0 Å². The van der Waals surface area contributed by atoms with Gasteiger partial charge in [0.15, 0.2) is 11.0 Å². The van der Waals surface area contributed by atoms with E-state index in [1.54, 1.807) is 0 Å². The van der Waals surface area contributed by atoms with Crippen LogP contribution in [-0.4, -0.2) is 26.4 Å². The highest BCUT2D eigenvalue weighted by Crippen LogP contribution is 2.23. The highest BCUT2D eigenvalue weighted by Gasteiger charge is 2.15. The van der Waals surface area contributed by atoms with Gasteiger partial charge in [-0.3, -0.25) is 4.79 Å². The van der Waals surface area contributed by atoms with Crippen LogP contribution in [0.15, 0.2) is 41.6 Å². The fraction of sp³-hybridized carbons (Fsp3) is 0.348. The van der Waals surface area contributed by atoms with Crippen LogP contribution in [0, 0.1) is 27.7 Å². The molecule has 0 radical (unpaired) electrons. The molecule has 3 rings (SSSR count). The molecule has 30 heavy (non-hydrogen) atoms. The third-order valence-corrected chi connectivity index (χ3v) is 5.99. The van der Waals surface area contributed by atoms with Crippen molar-refractivity contribution < 1.29 is 9.53 Å². The van der Waals surface area contributed by atoms with E-state index in [9.17, 15) is 4.79 Å². The summed E-state index contributed by atoms with van der Waals surface area (Å²) in [4.78, 5) is 12.4. The van der Waals surface area contributed by atoms with Crippen molar-refractivity contribution in [2.45, 2.75) is 52.9 Å². The first-order valence-corrected chi connectivity index (χ1v) is 11.0. The molecular formula is C23H28N4O2S. The molecule has 0 saturated carbocycles. The van der Waals surface area contributed by atoms with Gasteiger partial charge in [-0.25, -0.2) is 0 Å². The first-order chi connectivity index (χ1) is 14.4. The fourth-order valence-corrected chi connectivity index (χ4v) is 3.88. The minimum absolute atomic E-state index is 0.0625. The third-order valence-electron chi connectivity index (χ3n) is 5.02. The highest BCUT2D eigenvalue weighted by molar-refractivity contribution is 7.99. The molecule has 0 spiro atoms. The van der Waals surface area contributed by atoms with Crippen LogP contribution < -0.4 is 10.1 Å². The number of benzene rings is 2. The molecule has 0 bridgehead atoms. The summed E-state index contributed by atoms with van der Waals surface area (Å²) in [6.45, 7) is 11.2. The Morgan fingerprint density at radius 2 is 1.90 bits per heavy atom. The Kier molecular flexibility index (Phi) is 7.15. The number of thioether (sulfide) groups is 1. The van der Waals surface area contributed by atoms with Gasteiger partial charge in [0.25, 0.3) is 0 Å². The maximum Gasteiger partial charge on any atom is 0.234 e. The summed E-state index contributed by atoms with van der Waals surface area (Å²) in [6.07, 6.45) is 0. The number of nitrogens with one attached hydrogen (secondary N) is 1. The average molecular weight is 425 g/mol. The molecule has 6 nitrogen and oxygen atoms in total. The van der Waals surface area contributed by atoms with Gasteiger partial charge >= 0.3 is 0 Å². The van der Waals surface area contributed by atoms with Crippen LogP contribution in [0.3, 0.4) is 0 Å². The van der Waals surface area contributed by atoms with E-state index in [0.29, 0.717) is 18.3 Å². The second-order valence-corrected chi connectivity index (χ2v) is 8.23. The molecule has 0 fully saturated rings. The van der Waals surface area contributed by atoms with Crippen molar-refractivity contribution in [3.63, 3.8) is 0 Å². The SMILES string of the molecule is CCn1c(COc2cccc(C)c2C)nnc1SCC(=O)Nc1cc(C)ccc1C. The maximum atomic E-state index is 12.4. The number of nitrogens with zero attached hydrogens (tertiary/aromatic N) is 3. The van der Waals surface area contributed by atoms with Gasteiger partial charge in [-0.05, 0) is 69.0 Å². The van der Waals surface area contributed by atoms with Gasteiger partial charge in [0.1, 0.15) is 12.4 Å². The monoisotopic (exact) mass is 424 g/mol. The van der Waals surface area contributed by atoms with Crippen molar-refractivity contribution in [1.29, 1.82) is 0 Å². The lowest BCUT2D eigenvalue weighted by atomic mass is 10.1. The van der Waals surface area contributed by atoms with Crippen molar-refractivity contribution in [1.82, 2.24) is 14.8 Å². The van der Waals surface area contributed by atoms with Crippen LogP contribution in [0.4, 0.5) is 5.69 Å². The lowest BCUT2D eigenvalue weighted by Gasteiger charge is -2.12. The maximum absolute atomic E-state index is 12.4. The number of rotatable bonds is 8. The second kappa shape index (κ2) is 9.80. The summed E-state index contributed by atoms with van der Waals surface area (Å²) >= 11 is 1.38. The lowest BCUT2D eigenvalue weighted by Crippen LogP contribution is -2.15. The Labute approximate surface area is 182 Å². The minimum Gasteiger partial charge on any atom is -0.485 e. The summed E-state index contributed by atoms with van der Waals surface area (Å²) < 4.78 is 7.96. The van der Waals surface area contributed by atoms with Crippen molar-refractivity contribution in [3.8, 4) is 5.75 Å². The first kappa shape index (κ1) is 21.9. The van der Waals surface area contributed by atoms with Gasteiger partial charge in [-0.15, -0.1) is 10.2 Å². The fourth-order valence-electron chi connectivity index (χ4n) is 3.06. The van der Waals surface area contributed by atoms with Crippen molar-refractivity contribution in [3.05, 3.63) is 64.5 Å². The average Bonchev–Trinajstić information content (AvgIpc) is 3.12. The number of hydrogen-bond acceptors (Lipinski definition) is 5. The Balaban J connectivity index is 1.62. The molecule has 7 heteroatoms. The number of anilines is 1. The van der Waals surface area contributed by atoms with Crippen LogP contribution in [0.1, 0.15) is 35.0 Å². The lowest BCUT2D eigenvalue weighted by molar-refractivity contribution is -0.113. The molecule has 0 saturated heterocycles. The number of hydrogen-bond donors (Lipinski definition) is 1. The van der Waals surface area contributed by atoms with Gasteiger partial charge in [0.2, 0.25) is 5.91 Å².